The predicted molar refractivity (Wildman–Crippen MR) is 59.1 cm³/mol. The van der Waals surface area contributed by atoms with Crippen molar-refractivity contribution in [1.29, 1.82) is 0 Å². The number of rotatable bonds is 7. The van der Waals surface area contributed by atoms with Crippen LogP contribution in [-0.4, -0.2) is 12.1 Å². The van der Waals surface area contributed by atoms with Crippen LogP contribution < -0.4 is 0 Å². The molecule has 14 heavy (non-hydrogen) atoms. The van der Waals surface area contributed by atoms with E-state index in [0.717, 1.165) is 6.42 Å². The second-order valence-electron chi connectivity index (χ2n) is 3.74. The van der Waals surface area contributed by atoms with Gasteiger partial charge in [0.25, 0.3) is 0 Å². The average molecular weight is 198 g/mol. The predicted octanol–water partition coefficient (Wildman–Crippen LogP) is 3.46. The Morgan fingerprint density at radius 2 is 2.00 bits per heavy atom. The van der Waals surface area contributed by atoms with E-state index in [0.29, 0.717) is 0 Å². The van der Waals surface area contributed by atoms with E-state index in [1.165, 1.54) is 31.8 Å². The molecule has 0 radical (unpaired) electrons. The van der Waals surface area contributed by atoms with Crippen LogP contribution in [0.3, 0.4) is 0 Å². The molecule has 82 valence electrons. The Balaban J connectivity index is 3.38. The quantitative estimate of drug-likeness (QED) is 0.356. The molecule has 0 saturated heterocycles. The van der Waals surface area contributed by atoms with Crippen molar-refractivity contribution in [3.05, 3.63) is 12.2 Å². The van der Waals surface area contributed by atoms with Gasteiger partial charge in [0, 0.05) is 6.08 Å². The summed E-state index contributed by atoms with van der Waals surface area (Å²) in [5, 5.41) is 0. The van der Waals surface area contributed by atoms with Gasteiger partial charge in [-0.2, -0.15) is 0 Å². The Hall–Kier alpha value is -0.790. The SMILES string of the molecule is CCCCCCC=CC(=O)OC(C)C. The van der Waals surface area contributed by atoms with Crippen LogP contribution in [0.5, 0.6) is 0 Å². The van der Waals surface area contributed by atoms with Crippen molar-refractivity contribution in [2.75, 3.05) is 0 Å². The van der Waals surface area contributed by atoms with Crippen molar-refractivity contribution >= 4 is 5.97 Å². The van der Waals surface area contributed by atoms with E-state index in [4.69, 9.17) is 4.74 Å². The van der Waals surface area contributed by atoms with Gasteiger partial charge in [-0.1, -0.05) is 32.3 Å². The van der Waals surface area contributed by atoms with E-state index in [1.54, 1.807) is 0 Å². The highest BCUT2D eigenvalue weighted by Gasteiger charge is 1.98. The Bertz CT molecular complexity index is 171. The molecule has 0 bridgehead atoms. The minimum Gasteiger partial charge on any atom is -0.460 e. The lowest BCUT2D eigenvalue weighted by molar-refractivity contribution is -0.141. The summed E-state index contributed by atoms with van der Waals surface area (Å²) in [6, 6.07) is 0. The number of hydrogen-bond donors (Lipinski definition) is 0. The van der Waals surface area contributed by atoms with Gasteiger partial charge >= 0.3 is 5.97 Å². The molecule has 0 unspecified atom stereocenters. The molecule has 2 nitrogen and oxygen atoms in total. The zero-order valence-electron chi connectivity index (χ0n) is 9.58. The second kappa shape index (κ2) is 8.79. The summed E-state index contributed by atoms with van der Waals surface area (Å²) in [6.07, 6.45) is 9.34. The van der Waals surface area contributed by atoms with E-state index in [1.807, 2.05) is 19.9 Å². The third-order valence-corrected chi connectivity index (χ3v) is 1.83. The molecule has 0 saturated carbocycles. The molecule has 0 aliphatic carbocycles. The first-order chi connectivity index (χ1) is 6.66. The van der Waals surface area contributed by atoms with Crippen LogP contribution in [0.15, 0.2) is 12.2 Å². The number of allylic oxidation sites excluding steroid dienone is 1. The molecule has 0 aromatic heterocycles. The zero-order chi connectivity index (χ0) is 10.8. The summed E-state index contributed by atoms with van der Waals surface area (Å²) in [5.41, 5.74) is 0. The molecule has 0 spiro atoms. The van der Waals surface area contributed by atoms with E-state index in [-0.39, 0.29) is 12.1 Å². The second-order valence-corrected chi connectivity index (χ2v) is 3.74. The summed E-state index contributed by atoms with van der Waals surface area (Å²) in [6.45, 7) is 5.90. The number of carbonyl (C=O) groups excluding carboxylic acids is 1. The normalized spacial score (nSPS) is 11.1. The van der Waals surface area contributed by atoms with Crippen molar-refractivity contribution in [3.63, 3.8) is 0 Å². The monoisotopic (exact) mass is 198 g/mol. The van der Waals surface area contributed by atoms with Gasteiger partial charge in [0.15, 0.2) is 0 Å². The molecule has 2 heteroatoms. The summed E-state index contributed by atoms with van der Waals surface area (Å²) in [5.74, 6) is -0.226. The van der Waals surface area contributed by atoms with E-state index < -0.39 is 0 Å². The maximum Gasteiger partial charge on any atom is 0.330 e. The maximum absolute atomic E-state index is 11.0. The van der Waals surface area contributed by atoms with E-state index in [9.17, 15) is 4.79 Å². The number of hydrogen-bond acceptors (Lipinski definition) is 2. The highest BCUT2D eigenvalue weighted by atomic mass is 16.5. The van der Waals surface area contributed by atoms with Crippen LogP contribution in [0.2, 0.25) is 0 Å². The molecule has 0 atom stereocenters. The molecule has 0 heterocycles. The maximum atomic E-state index is 11.0. The molecule has 0 aromatic rings. The molecule has 0 rings (SSSR count). The van der Waals surface area contributed by atoms with Gasteiger partial charge < -0.3 is 4.74 Å². The molecular formula is C12H22O2. The number of esters is 1. The lowest BCUT2D eigenvalue weighted by Gasteiger charge is -2.03. The van der Waals surface area contributed by atoms with Crippen molar-refractivity contribution in [2.24, 2.45) is 0 Å². The van der Waals surface area contributed by atoms with Crippen LogP contribution in [0.1, 0.15) is 52.9 Å². The minimum absolute atomic E-state index is 0.0211. The lowest BCUT2D eigenvalue weighted by Crippen LogP contribution is -2.08. The first kappa shape index (κ1) is 13.2. The summed E-state index contributed by atoms with van der Waals surface area (Å²) in [4.78, 5) is 11.0. The lowest BCUT2D eigenvalue weighted by atomic mass is 10.1. The van der Waals surface area contributed by atoms with Gasteiger partial charge in [-0.3, -0.25) is 0 Å². The van der Waals surface area contributed by atoms with Gasteiger partial charge in [0.1, 0.15) is 0 Å². The van der Waals surface area contributed by atoms with Crippen molar-refractivity contribution in [1.82, 2.24) is 0 Å². The Morgan fingerprint density at radius 3 is 2.57 bits per heavy atom. The van der Waals surface area contributed by atoms with Crippen LogP contribution in [0, 0.1) is 0 Å². The highest BCUT2D eigenvalue weighted by Crippen LogP contribution is 2.03. The molecule has 0 fully saturated rings. The molecular weight excluding hydrogens is 176 g/mol. The van der Waals surface area contributed by atoms with Crippen LogP contribution >= 0.6 is 0 Å². The molecule has 0 amide bonds. The van der Waals surface area contributed by atoms with Gasteiger partial charge in [-0.05, 0) is 26.7 Å². The van der Waals surface area contributed by atoms with Crippen molar-refractivity contribution in [3.8, 4) is 0 Å². The zero-order valence-corrected chi connectivity index (χ0v) is 9.58. The molecule has 0 aromatic carbocycles. The highest BCUT2D eigenvalue weighted by molar-refractivity contribution is 5.81. The van der Waals surface area contributed by atoms with Crippen LogP contribution in [0.25, 0.3) is 0 Å². The standard InChI is InChI=1S/C12H22O2/c1-4-5-6-7-8-9-10-12(13)14-11(2)3/h9-11H,4-8H2,1-3H3. The fraction of sp³-hybridized carbons (Fsp3) is 0.750. The van der Waals surface area contributed by atoms with Gasteiger partial charge in [0.05, 0.1) is 6.10 Å². The Morgan fingerprint density at radius 1 is 1.29 bits per heavy atom. The van der Waals surface area contributed by atoms with Crippen molar-refractivity contribution < 1.29 is 9.53 Å². The molecule has 0 aliphatic rings. The molecule has 0 aliphatic heterocycles. The topological polar surface area (TPSA) is 26.3 Å². The van der Waals surface area contributed by atoms with Crippen LogP contribution in [0.4, 0.5) is 0 Å². The number of ether oxygens (including phenoxy) is 1. The fourth-order valence-electron chi connectivity index (χ4n) is 1.14. The largest absolute Gasteiger partial charge is 0.460 e. The number of carbonyl (C=O) groups is 1. The first-order valence-corrected chi connectivity index (χ1v) is 5.54. The Kier molecular flexibility index (Phi) is 8.30. The van der Waals surface area contributed by atoms with E-state index in [2.05, 4.69) is 6.92 Å². The summed E-state index contributed by atoms with van der Waals surface area (Å²) >= 11 is 0. The third-order valence-electron chi connectivity index (χ3n) is 1.83. The third kappa shape index (κ3) is 9.30. The van der Waals surface area contributed by atoms with Gasteiger partial charge in [-0.15, -0.1) is 0 Å². The molecule has 0 N–H and O–H groups in total. The average Bonchev–Trinajstić information content (AvgIpc) is 2.10. The first-order valence-electron chi connectivity index (χ1n) is 5.54. The van der Waals surface area contributed by atoms with Gasteiger partial charge in [-0.25, -0.2) is 4.79 Å². The smallest absolute Gasteiger partial charge is 0.330 e. The fourth-order valence-corrected chi connectivity index (χ4v) is 1.14. The van der Waals surface area contributed by atoms with E-state index >= 15 is 0 Å². The minimum atomic E-state index is -0.226. The van der Waals surface area contributed by atoms with Gasteiger partial charge in [0.2, 0.25) is 0 Å². The number of unbranched alkanes of at least 4 members (excludes halogenated alkanes) is 4. The summed E-state index contributed by atoms with van der Waals surface area (Å²) < 4.78 is 4.95. The Labute approximate surface area is 87.3 Å². The van der Waals surface area contributed by atoms with Crippen LogP contribution in [-0.2, 0) is 9.53 Å². The summed E-state index contributed by atoms with van der Waals surface area (Å²) in [7, 11) is 0. The van der Waals surface area contributed by atoms with Crippen molar-refractivity contribution in [2.45, 2.75) is 59.0 Å².